The molecule has 1 aromatic carbocycles. The van der Waals surface area contributed by atoms with E-state index < -0.39 is 0 Å². The Kier molecular flexibility index (Phi) is 2.83. The van der Waals surface area contributed by atoms with Gasteiger partial charge in [-0.2, -0.15) is 0 Å². The molecule has 2 aromatic rings. The molecule has 0 aliphatic carbocycles. The predicted octanol–water partition coefficient (Wildman–Crippen LogP) is 1.51. The molecule has 0 bridgehead atoms. The van der Waals surface area contributed by atoms with Crippen LogP contribution in [0.4, 0.5) is 5.69 Å². The van der Waals surface area contributed by atoms with Crippen molar-refractivity contribution < 1.29 is 9.32 Å². The van der Waals surface area contributed by atoms with Crippen molar-refractivity contribution in [2.45, 2.75) is 19.4 Å². The molecule has 1 aromatic heterocycles. The number of rotatable bonds is 1. The first-order valence-corrected chi connectivity index (χ1v) is 6.23. The van der Waals surface area contributed by atoms with Crippen molar-refractivity contribution in [2.75, 3.05) is 11.4 Å². The highest BCUT2D eigenvalue weighted by atomic mass is 16.5. The standard InChI is InChI=1S/C14H15N3O2/c1-9-7-16-19-13(9)14(18)17-8-11(15)6-10-4-2-3-5-12(10)17/h2-5,7,11H,6,8,15H2,1H3. The Morgan fingerprint density at radius 2 is 2.26 bits per heavy atom. The molecule has 1 amide bonds. The molecule has 1 atom stereocenters. The van der Waals surface area contributed by atoms with Gasteiger partial charge in [0.05, 0.1) is 6.20 Å². The van der Waals surface area contributed by atoms with Crippen LogP contribution in [0.1, 0.15) is 21.7 Å². The van der Waals surface area contributed by atoms with Crippen molar-refractivity contribution in [1.29, 1.82) is 0 Å². The lowest BCUT2D eigenvalue weighted by atomic mass is 9.98. The Hall–Kier alpha value is -2.14. The molecule has 5 heteroatoms. The van der Waals surface area contributed by atoms with Crippen LogP contribution in [0.3, 0.4) is 0 Å². The van der Waals surface area contributed by atoms with Crippen molar-refractivity contribution in [2.24, 2.45) is 5.73 Å². The van der Waals surface area contributed by atoms with Crippen molar-refractivity contribution in [3.8, 4) is 0 Å². The second-order valence-electron chi connectivity index (χ2n) is 4.85. The predicted molar refractivity (Wildman–Crippen MR) is 71.0 cm³/mol. The maximum Gasteiger partial charge on any atom is 0.297 e. The zero-order valence-corrected chi connectivity index (χ0v) is 10.7. The average Bonchev–Trinajstić information content (AvgIpc) is 2.83. The third kappa shape index (κ3) is 2.02. The van der Waals surface area contributed by atoms with Crippen molar-refractivity contribution >= 4 is 11.6 Å². The molecule has 1 aliphatic rings. The van der Waals surface area contributed by atoms with Gasteiger partial charge in [0.15, 0.2) is 0 Å². The van der Waals surface area contributed by atoms with Crippen molar-refractivity contribution in [1.82, 2.24) is 5.16 Å². The van der Waals surface area contributed by atoms with Crippen LogP contribution in [-0.4, -0.2) is 23.7 Å². The number of hydrogen-bond acceptors (Lipinski definition) is 4. The molecule has 0 spiro atoms. The SMILES string of the molecule is Cc1cnoc1C(=O)N1CC(N)Cc2ccccc21. The van der Waals surface area contributed by atoms with Crippen molar-refractivity contribution in [3.05, 3.63) is 47.3 Å². The first kappa shape index (κ1) is 11.9. The first-order valence-electron chi connectivity index (χ1n) is 6.23. The first-order chi connectivity index (χ1) is 9.16. The van der Waals surface area contributed by atoms with Gasteiger partial charge >= 0.3 is 0 Å². The van der Waals surface area contributed by atoms with E-state index >= 15 is 0 Å². The topological polar surface area (TPSA) is 72.4 Å². The largest absolute Gasteiger partial charge is 0.351 e. The van der Waals surface area contributed by atoms with E-state index in [2.05, 4.69) is 5.16 Å². The number of fused-ring (bicyclic) bond motifs is 1. The van der Waals surface area contributed by atoms with Gasteiger partial charge in [-0.15, -0.1) is 0 Å². The fourth-order valence-corrected chi connectivity index (χ4v) is 2.44. The minimum absolute atomic E-state index is 0.0536. The summed E-state index contributed by atoms with van der Waals surface area (Å²) in [5.41, 5.74) is 8.76. The molecule has 5 nitrogen and oxygen atoms in total. The molecule has 2 heterocycles. The second-order valence-corrected chi connectivity index (χ2v) is 4.85. The Bertz CT molecular complexity index is 621. The summed E-state index contributed by atoms with van der Waals surface area (Å²) >= 11 is 0. The van der Waals surface area contributed by atoms with E-state index in [4.69, 9.17) is 10.3 Å². The van der Waals surface area contributed by atoms with Crippen LogP contribution in [0, 0.1) is 6.92 Å². The molecule has 0 saturated heterocycles. The molecular formula is C14H15N3O2. The number of para-hydroxylation sites is 1. The van der Waals surface area contributed by atoms with Crippen LogP contribution in [0.5, 0.6) is 0 Å². The molecule has 19 heavy (non-hydrogen) atoms. The van der Waals surface area contributed by atoms with Crippen LogP contribution < -0.4 is 10.6 Å². The Balaban J connectivity index is 2.02. The molecule has 0 radical (unpaired) electrons. The Morgan fingerprint density at radius 1 is 1.47 bits per heavy atom. The van der Waals surface area contributed by atoms with E-state index in [1.807, 2.05) is 24.3 Å². The van der Waals surface area contributed by atoms with Crippen molar-refractivity contribution in [3.63, 3.8) is 0 Å². The van der Waals surface area contributed by atoms with E-state index in [9.17, 15) is 4.79 Å². The van der Waals surface area contributed by atoms with Crippen LogP contribution in [0.15, 0.2) is 35.0 Å². The minimum Gasteiger partial charge on any atom is -0.351 e. The van der Waals surface area contributed by atoms with Gasteiger partial charge in [0, 0.05) is 23.8 Å². The molecule has 1 unspecified atom stereocenters. The highest BCUT2D eigenvalue weighted by Gasteiger charge is 2.29. The fourth-order valence-electron chi connectivity index (χ4n) is 2.44. The van der Waals surface area contributed by atoms with E-state index in [0.29, 0.717) is 6.54 Å². The molecule has 98 valence electrons. The summed E-state index contributed by atoms with van der Waals surface area (Å²) in [7, 11) is 0. The van der Waals surface area contributed by atoms with Gasteiger partial charge in [-0.25, -0.2) is 0 Å². The number of anilines is 1. The third-order valence-corrected chi connectivity index (χ3v) is 3.37. The lowest BCUT2D eigenvalue weighted by Crippen LogP contribution is -2.46. The monoisotopic (exact) mass is 257 g/mol. The summed E-state index contributed by atoms with van der Waals surface area (Å²) in [5.74, 6) is 0.0986. The molecule has 1 aliphatic heterocycles. The highest BCUT2D eigenvalue weighted by molar-refractivity contribution is 6.05. The number of carbonyl (C=O) groups is 1. The van der Waals surface area contributed by atoms with Crippen LogP contribution in [0.2, 0.25) is 0 Å². The van der Waals surface area contributed by atoms with E-state index in [0.717, 1.165) is 23.2 Å². The average molecular weight is 257 g/mol. The van der Waals surface area contributed by atoms with Gasteiger partial charge in [0.25, 0.3) is 5.91 Å². The maximum absolute atomic E-state index is 12.5. The van der Waals surface area contributed by atoms with Crippen LogP contribution in [-0.2, 0) is 6.42 Å². The van der Waals surface area contributed by atoms with Gasteiger partial charge in [-0.1, -0.05) is 23.4 Å². The lowest BCUT2D eigenvalue weighted by Gasteiger charge is -2.32. The smallest absolute Gasteiger partial charge is 0.297 e. The quantitative estimate of drug-likeness (QED) is 0.840. The normalized spacial score (nSPS) is 18.2. The number of hydrogen-bond donors (Lipinski definition) is 1. The minimum atomic E-state index is -0.183. The Morgan fingerprint density at radius 3 is 3.00 bits per heavy atom. The fraction of sp³-hybridized carbons (Fsp3) is 0.286. The van der Waals surface area contributed by atoms with Gasteiger partial charge in [-0.3, -0.25) is 4.79 Å². The van der Waals surface area contributed by atoms with Gasteiger partial charge < -0.3 is 15.2 Å². The maximum atomic E-state index is 12.5. The zero-order valence-electron chi connectivity index (χ0n) is 10.7. The van der Waals surface area contributed by atoms with E-state index in [-0.39, 0.29) is 17.7 Å². The van der Waals surface area contributed by atoms with E-state index in [1.54, 1.807) is 18.0 Å². The van der Waals surface area contributed by atoms with Crippen LogP contribution in [0.25, 0.3) is 0 Å². The van der Waals surface area contributed by atoms with Crippen LogP contribution >= 0.6 is 0 Å². The summed E-state index contributed by atoms with van der Waals surface area (Å²) in [5, 5.41) is 3.66. The van der Waals surface area contributed by atoms with E-state index in [1.165, 1.54) is 0 Å². The van der Waals surface area contributed by atoms with Gasteiger partial charge in [-0.05, 0) is 25.0 Å². The number of aromatic nitrogens is 1. The molecule has 3 rings (SSSR count). The third-order valence-electron chi connectivity index (χ3n) is 3.37. The van der Waals surface area contributed by atoms with Gasteiger partial charge in [0.2, 0.25) is 5.76 Å². The highest BCUT2D eigenvalue weighted by Crippen LogP contribution is 2.28. The summed E-state index contributed by atoms with van der Waals surface area (Å²) in [6.07, 6.45) is 2.33. The number of nitrogens with zero attached hydrogens (tertiary/aromatic N) is 2. The molecule has 2 N–H and O–H groups in total. The number of carbonyl (C=O) groups excluding carboxylic acids is 1. The number of amides is 1. The molecule has 0 fully saturated rings. The summed E-state index contributed by atoms with van der Waals surface area (Å²) in [4.78, 5) is 14.2. The summed E-state index contributed by atoms with van der Waals surface area (Å²) in [6, 6.07) is 7.76. The zero-order chi connectivity index (χ0) is 13.4. The molecule has 0 saturated carbocycles. The number of aryl methyl sites for hydroxylation is 1. The summed E-state index contributed by atoms with van der Waals surface area (Å²) in [6.45, 7) is 2.30. The van der Waals surface area contributed by atoms with Gasteiger partial charge in [0.1, 0.15) is 0 Å². The lowest BCUT2D eigenvalue weighted by molar-refractivity contribution is 0.0947. The molecular weight excluding hydrogens is 242 g/mol. The second kappa shape index (κ2) is 4.51. The summed E-state index contributed by atoms with van der Waals surface area (Å²) < 4.78 is 5.05. The Labute approximate surface area is 111 Å². The number of benzene rings is 1. The number of nitrogens with two attached hydrogens (primary N) is 1.